The third kappa shape index (κ3) is 5.10. The molecule has 3 N–H and O–H groups in total. The number of carbonyl (C=O) groups is 1. The minimum atomic E-state index is -0.144. The Labute approximate surface area is 209 Å². The molecule has 2 aromatic carbocycles. The van der Waals surface area contributed by atoms with E-state index in [-0.39, 0.29) is 11.5 Å². The number of aromatic nitrogens is 2. The van der Waals surface area contributed by atoms with Gasteiger partial charge in [0.25, 0.3) is 11.5 Å². The molecule has 0 bridgehead atoms. The minimum absolute atomic E-state index is 0.0184. The van der Waals surface area contributed by atoms with Gasteiger partial charge < -0.3 is 15.6 Å². The van der Waals surface area contributed by atoms with Crippen LogP contribution in [-0.2, 0) is 26.1 Å². The molecule has 7 heteroatoms. The summed E-state index contributed by atoms with van der Waals surface area (Å²) in [6.07, 6.45) is 4.08. The van der Waals surface area contributed by atoms with Gasteiger partial charge in [-0.15, -0.1) is 0 Å². The van der Waals surface area contributed by atoms with Crippen molar-refractivity contribution >= 4 is 11.7 Å². The predicted molar refractivity (Wildman–Crippen MR) is 140 cm³/mol. The topological polar surface area (TPSA) is 102 Å². The molecule has 2 aromatic heterocycles. The fraction of sp³-hybridized carbons (Fsp3) is 0.172. The van der Waals surface area contributed by atoms with Crippen LogP contribution >= 0.6 is 0 Å². The highest BCUT2D eigenvalue weighted by molar-refractivity contribution is 6.00. The summed E-state index contributed by atoms with van der Waals surface area (Å²) in [6, 6.07) is 20.9. The number of hydrogen-bond acceptors (Lipinski definition) is 5. The molecule has 1 aliphatic heterocycles. The molecule has 0 saturated heterocycles. The zero-order valence-electron chi connectivity index (χ0n) is 20.1. The van der Waals surface area contributed by atoms with E-state index in [2.05, 4.69) is 33.5 Å². The van der Waals surface area contributed by atoms with E-state index < -0.39 is 0 Å². The fourth-order valence-corrected chi connectivity index (χ4v) is 4.42. The highest BCUT2D eigenvalue weighted by Crippen LogP contribution is 2.19. The fourth-order valence-electron chi connectivity index (χ4n) is 4.42. The van der Waals surface area contributed by atoms with Crippen LogP contribution in [0.1, 0.15) is 49.4 Å². The van der Waals surface area contributed by atoms with Gasteiger partial charge in [-0.1, -0.05) is 42.5 Å². The second kappa shape index (κ2) is 10.00. The average Bonchev–Trinajstić information content (AvgIpc) is 3.25. The van der Waals surface area contributed by atoms with Crippen LogP contribution in [0.25, 0.3) is 0 Å². The molecule has 180 valence electrons. The number of carbonyl (C=O) groups excluding carboxylic acids is 1. The minimum Gasteiger partial charge on any atom is -0.383 e. The van der Waals surface area contributed by atoms with Gasteiger partial charge in [0.05, 0.1) is 13.1 Å². The van der Waals surface area contributed by atoms with Gasteiger partial charge in [0, 0.05) is 48.2 Å². The van der Waals surface area contributed by atoms with Crippen LogP contribution in [0.15, 0.2) is 88.9 Å². The SMILES string of the molecule is Cc1cc(Cc2cc(C(=O)NCc3ccc4c(c3)CN=C4N)ccn2)ccc1Cn1ccccc1=O. The molecular weight excluding hydrogens is 450 g/mol. The van der Waals surface area contributed by atoms with Crippen LogP contribution < -0.4 is 16.6 Å². The lowest BCUT2D eigenvalue weighted by molar-refractivity contribution is 0.0950. The summed E-state index contributed by atoms with van der Waals surface area (Å²) in [5.41, 5.74) is 13.6. The number of amidine groups is 1. The first kappa shape index (κ1) is 23.2. The van der Waals surface area contributed by atoms with Gasteiger partial charge in [-0.3, -0.25) is 19.6 Å². The van der Waals surface area contributed by atoms with E-state index in [0.717, 1.165) is 39.1 Å². The predicted octanol–water partition coefficient (Wildman–Crippen LogP) is 3.34. The van der Waals surface area contributed by atoms with Crippen molar-refractivity contribution in [3.05, 3.63) is 134 Å². The molecule has 0 unspecified atom stereocenters. The Balaban J connectivity index is 1.23. The van der Waals surface area contributed by atoms with Crippen LogP contribution in [0.2, 0.25) is 0 Å². The number of hydrogen-bond donors (Lipinski definition) is 2. The summed E-state index contributed by atoms with van der Waals surface area (Å²) < 4.78 is 1.69. The molecule has 0 atom stereocenters. The Morgan fingerprint density at radius 1 is 1.06 bits per heavy atom. The maximum atomic E-state index is 12.8. The first-order chi connectivity index (χ1) is 17.5. The lowest BCUT2D eigenvalue weighted by Gasteiger charge is -2.11. The van der Waals surface area contributed by atoms with E-state index in [0.29, 0.717) is 37.5 Å². The van der Waals surface area contributed by atoms with Crippen LogP contribution in [0.4, 0.5) is 0 Å². The Morgan fingerprint density at radius 3 is 2.75 bits per heavy atom. The molecule has 3 heterocycles. The molecule has 0 saturated carbocycles. The molecule has 5 rings (SSSR count). The van der Waals surface area contributed by atoms with E-state index in [4.69, 9.17) is 5.73 Å². The molecule has 0 fully saturated rings. The average molecular weight is 478 g/mol. The van der Waals surface area contributed by atoms with Gasteiger partial charge in [-0.05, 0) is 52.9 Å². The summed E-state index contributed by atoms with van der Waals surface area (Å²) in [5.74, 6) is 0.427. The number of nitrogens with zero attached hydrogens (tertiary/aromatic N) is 3. The Bertz CT molecular complexity index is 1540. The summed E-state index contributed by atoms with van der Waals surface area (Å²) >= 11 is 0. The second-order valence-electron chi connectivity index (χ2n) is 9.02. The van der Waals surface area contributed by atoms with E-state index in [1.807, 2.05) is 37.3 Å². The zero-order chi connectivity index (χ0) is 25.1. The van der Waals surface area contributed by atoms with Crippen molar-refractivity contribution in [2.24, 2.45) is 10.7 Å². The number of aliphatic imine (C=N–C) groups is 1. The van der Waals surface area contributed by atoms with Crippen molar-refractivity contribution in [2.75, 3.05) is 0 Å². The normalized spacial score (nSPS) is 12.2. The number of nitrogens with one attached hydrogen (secondary N) is 1. The lowest BCUT2D eigenvalue weighted by atomic mass is 10.0. The van der Waals surface area contributed by atoms with Crippen LogP contribution in [0.5, 0.6) is 0 Å². The summed E-state index contributed by atoms with van der Waals surface area (Å²) in [5, 5.41) is 2.99. The molecule has 36 heavy (non-hydrogen) atoms. The summed E-state index contributed by atoms with van der Waals surface area (Å²) in [6.45, 7) is 3.59. The zero-order valence-corrected chi connectivity index (χ0v) is 20.1. The molecule has 4 aromatic rings. The van der Waals surface area contributed by atoms with Gasteiger partial charge >= 0.3 is 0 Å². The van der Waals surface area contributed by atoms with Crippen molar-refractivity contribution < 1.29 is 4.79 Å². The molecule has 7 nitrogen and oxygen atoms in total. The van der Waals surface area contributed by atoms with Crippen molar-refractivity contribution in [1.82, 2.24) is 14.9 Å². The van der Waals surface area contributed by atoms with E-state index in [1.165, 1.54) is 0 Å². The number of benzene rings is 2. The molecule has 1 aliphatic rings. The number of fused-ring (bicyclic) bond motifs is 1. The smallest absolute Gasteiger partial charge is 0.251 e. The van der Waals surface area contributed by atoms with Crippen LogP contribution in [0, 0.1) is 6.92 Å². The van der Waals surface area contributed by atoms with Gasteiger partial charge in [0.2, 0.25) is 0 Å². The second-order valence-corrected chi connectivity index (χ2v) is 9.02. The number of nitrogens with two attached hydrogens (primary N) is 1. The number of amides is 1. The highest BCUT2D eigenvalue weighted by Gasteiger charge is 2.14. The lowest BCUT2D eigenvalue weighted by Crippen LogP contribution is -2.23. The van der Waals surface area contributed by atoms with Gasteiger partial charge in [0.15, 0.2) is 0 Å². The standard InChI is InChI=1S/C29H27N5O2/c1-19-12-20(5-7-23(19)18-34-11-3-2-4-27(34)35)14-25-15-22(9-10-31-25)29(36)33-16-21-6-8-26-24(13-21)17-32-28(26)30/h2-13,15H,14,16-18H2,1H3,(H2,30,32)(H,33,36). The van der Waals surface area contributed by atoms with Crippen LogP contribution in [0.3, 0.4) is 0 Å². The monoisotopic (exact) mass is 477 g/mol. The van der Waals surface area contributed by atoms with Gasteiger partial charge in [-0.25, -0.2) is 0 Å². The number of aryl methyl sites for hydroxylation is 1. The molecule has 1 amide bonds. The maximum Gasteiger partial charge on any atom is 0.251 e. The van der Waals surface area contributed by atoms with E-state index in [1.54, 1.807) is 35.2 Å². The largest absolute Gasteiger partial charge is 0.383 e. The Hall–Kier alpha value is -4.52. The van der Waals surface area contributed by atoms with Crippen LogP contribution in [-0.4, -0.2) is 21.3 Å². The number of rotatable bonds is 7. The third-order valence-corrected chi connectivity index (χ3v) is 6.43. The molecular formula is C29H27N5O2. The summed E-state index contributed by atoms with van der Waals surface area (Å²) in [4.78, 5) is 33.5. The first-order valence-electron chi connectivity index (χ1n) is 11.9. The maximum absolute atomic E-state index is 12.8. The van der Waals surface area contributed by atoms with Crippen molar-refractivity contribution in [3.63, 3.8) is 0 Å². The quantitative estimate of drug-likeness (QED) is 0.426. The van der Waals surface area contributed by atoms with Crippen molar-refractivity contribution in [3.8, 4) is 0 Å². The van der Waals surface area contributed by atoms with Crippen molar-refractivity contribution in [1.29, 1.82) is 0 Å². The highest BCUT2D eigenvalue weighted by atomic mass is 16.1. The molecule has 0 spiro atoms. The number of pyridine rings is 2. The van der Waals surface area contributed by atoms with E-state index in [9.17, 15) is 9.59 Å². The Morgan fingerprint density at radius 2 is 1.92 bits per heavy atom. The molecule has 0 radical (unpaired) electrons. The third-order valence-electron chi connectivity index (χ3n) is 6.43. The van der Waals surface area contributed by atoms with Crippen molar-refractivity contribution in [2.45, 2.75) is 33.0 Å². The molecule has 0 aliphatic carbocycles. The van der Waals surface area contributed by atoms with E-state index >= 15 is 0 Å². The Kier molecular flexibility index (Phi) is 6.45. The van der Waals surface area contributed by atoms with Gasteiger partial charge in [0.1, 0.15) is 5.84 Å². The van der Waals surface area contributed by atoms with Gasteiger partial charge in [-0.2, -0.15) is 0 Å². The first-order valence-corrected chi connectivity index (χ1v) is 11.9. The summed E-state index contributed by atoms with van der Waals surface area (Å²) in [7, 11) is 0.